The summed E-state index contributed by atoms with van der Waals surface area (Å²) in [4.78, 5) is 18.1. The molecule has 4 aromatic rings. The SMILES string of the molecule is C#Cc1c(F)ccc2cccc(-c3nc4c5c(nc(S(=O)(=O)CC)nc5c3F)N3C[C@@H](CC)N(C)C[C@@H]3CC4)c12. The summed E-state index contributed by atoms with van der Waals surface area (Å²) in [6, 6.07) is 8.32. The number of fused-ring (bicyclic) bond motifs is 3. The van der Waals surface area contributed by atoms with Crippen molar-refractivity contribution in [3.8, 4) is 23.6 Å². The molecule has 0 N–H and O–H groups in total. The maximum Gasteiger partial charge on any atom is 0.249 e. The topological polar surface area (TPSA) is 79.3 Å². The number of aryl methyl sites for hydroxylation is 1. The number of hydrogen-bond acceptors (Lipinski definition) is 7. The normalized spacial score (nSPS) is 19.4. The van der Waals surface area contributed by atoms with Gasteiger partial charge in [-0.15, -0.1) is 6.42 Å². The number of hydrogen-bond donors (Lipinski definition) is 0. The minimum atomic E-state index is -3.86. The van der Waals surface area contributed by atoms with Gasteiger partial charge in [0, 0.05) is 36.1 Å². The van der Waals surface area contributed by atoms with Crippen molar-refractivity contribution >= 4 is 37.3 Å². The Morgan fingerprint density at radius 3 is 2.60 bits per heavy atom. The third-order valence-corrected chi connectivity index (χ3v) is 9.80. The summed E-state index contributed by atoms with van der Waals surface area (Å²) < 4.78 is 57.5. The Hall–Kier alpha value is -3.68. The Kier molecular flexibility index (Phi) is 6.47. The van der Waals surface area contributed by atoms with Crippen molar-refractivity contribution in [1.29, 1.82) is 0 Å². The molecular formula is C30H29F2N5O2S. The molecule has 0 spiro atoms. The number of pyridine rings is 1. The van der Waals surface area contributed by atoms with Gasteiger partial charge in [-0.05, 0) is 37.8 Å². The fourth-order valence-electron chi connectivity index (χ4n) is 6.08. The van der Waals surface area contributed by atoms with Gasteiger partial charge in [-0.25, -0.2) is 32.2 Å². The van der Waals surface area contributed by atoms with E-state index in [0.29, 0.717) is 46.2 Å². The average Bonchev–Trinajstić information content (AvgIpc) is 3.10. The van der Waals surface area contributed by atoms with Gasteiger partial charge in [0.05, 0.1) is 22.4 Å². The van der Waals surface area contributed by atoms with E-state index in [1.165, 1.54) is 13.0 Å². The molecule has 0 aliphatic carbocycles. The summed E-state index contributed by atoms with van der Waals surface area (Å²) in [5.74, 6) is 1.22. The monoisotopic (exact) mass is 561 g/mol. The number of terminal acetylenes is 1. The molecule has 2 atom stereocenters. The van der Waals surface area contributed by atoms with Gasteiger partial charge >= 0.3 is 0 Å². The Labute approximate surface area is 232 Å². The van der Waals surface area contributed by atoms with Crippen molar-refractivity contribution in [3.63, 3.8) is 0 Å². The van der Waals surface area contributed by atoms with Crippen molar-refractivity contribution in [3.05, 3.63) is 53.2 Å². The molecule has 7 nitrogen and oxygen atoms in total. The standard InChI is InChI=1S/C30H29F2N5O2S/c1-5-18-16-37-19(15-36(18)4)12-14-23-25-28(34-30(35-29(25)37)40(38,39)7-3)26(32)27(33-23)21-10-8-9-17-11-13-22(31)20(6-2)24(17)21/h2,8-11,13,18-19H,5,7,12,14-16H2,1,3-4H3/t18-,19+/m1/s1. The highest BCUT2D eigenvalue weighted by molar-refractivity contribution is 7.91. The first-order valence-corrected chi connectivity index (χ1v) is 15.1. The minimum absolute atomic E-state index is 0.0173. The zero-order valence-electron chi connectivity index (χ0n) is 22.6. The summed E-state index contributed by atoms with van der Waals surface area (Å²) in [7, 11) is -1.77. The number of halogens is 2. The molecule has 0 saturated carbocycles. The van der Waals surface area contributed by atoms with Crippen LogP contribution < -0.4 is 4.90 Å². The van der Waals surface area contributed by atoms with Crippen LogP contribution in [0.3, 0.4) is 0 Å². The molecule has 0 radical (unpaired) electrons. The van der Waals surface area contributed by atoms with Gasteiger partial charge in [-0.2, -0.15) is 0 Å². The van der Waals surface area contributed by atoms with Crippen LogP contribution in [0, 0.1) is 24.0 Å². The molecular weight excluding hydrogens is 532 g/mol. The van der Waals surface area contributed by atoms with E-state index >= 15 is 4.39 Å². The molecule has 2 aliphatic rings. The molecule has 2 aromatic carbocycles. The van der Waals surface area contributed by atoms with Crippen LogP contribution in [0.5, 0.6) is 0 Å². The van der Waals surface area contributed by atoms with Crippen LogP contribution in [0.15, 0.2) is 35.5 Å². The summed E-state index contributed by atoms with van der Waals surface area (Å²) >= 11 is 0. The van der Waals surface area contributed by atoms with Crippen LogP contribution in [0.4, 0.5) is 14.6 Å². The molecule has 4 heterocycles. The number of sulfone groups is 1. The lowest BCUT2D eigenvalue weighted by Crippen LogP contribution is -2.57. The van der Waals surface area contributed by atoms with Crippen LogP contribution in [-0.2, 0) is 16.3 Å². The number of anilines is 1. The van der Waals surface area contributed by atoms with Crippen LogP contribution in [0.25, 0.3) is 32.9 Å². The molecule has 0 bridgehead atoms. The fourth-order valence-corrected chi connectivity index (χ4v) is 6.79. The predicted octanol–water partition coefficient (Wildman–Crippen LogP) is 4.74. The maximum atomic E-state index is 16.7. The van der Waals surface area contributed by atoms with E-state index in [0.717, 1.165) is 19.4 Å². The lowest BCUT2D eigenvalue weighted by atomic mass is 9.95. The number of benzene rings is 2. The zero-order chi connectivity index (χ0) is 28.3. The van der Waals surface area contributed by atoms with E-state index in [1.54, 1.807) is 24.3 Å². The molecule has 1 fully saturated rings. The van der Waals surface area contributed by atoms with E-state index in [9.17, 15) is 12.8 Å². The van der Waals surface area contributed by atoms with Gasteiger partial charge in [0.25, 0.3) is 0 Å². The summed E-state index contributed by atoms with van der Waals surface area (Å²) in [6.45, 7) is 5.02. The van der Waals surface area contributed by atoms with Gasteiger partial charge in [0.2, 0.25) is 15.0 Å². The second-order valence-corrected chi connectivity index (χ2v) is 12.7. The van der Waals surface area contributed by atoms with Gasteiger partial charge < -0.3 is 4.90 Å². The first-order valence-electron chi connectivity index (χ1n) is 13.5. The number of aromatic nitrogens is 3. The minimum Gasteiger partial charge on any atom is -0.350 e. The molecule has 6 rings (SSSR count). The quantitative estimate of drug-likeness (QED) is 0.263. The largest absolute Gasteiger partial charge is 0.350 e. The average molecular weight is 562 g/mol. The Morgan fingerprint density at radius 2 is 1.88 bits per heavy atom. The Balaban J connectivity index is 1.70. The van der Waals surface area contributed by atoms with E-state index in [-0.39, 0.29) is 34.6 Å². The van der Waals surface area contributed by atoms with Crippen molar-refractivity contribution in [1.82, 2.24) is 19.9 Å². The highest BCUT2D eigenvalue weighted by atomic mass is 32.2. The smallest absolute Gasteiger partial charge is 0.249 e. The Morgan fingerprint density at radius 1 is 1.07 bits per heavy atom. The zero-order valence-corrected chi connectivity index (χ0v) is 23.4. The van der Waals surface area contributed by atoms with Crippen LogP contribution in [-0.4, -0.2) is 66.2 Å². The lowest BCUT2D eigenvalue weighted by Gasteiger charge is -2.45. The third-order valence-electron chi connectivity index (χ3n) is 8.30. The molecule has 2 aliphatic heterocycles. The number of rotatable bonds is 4. The lowest BCUT2D eigenvalue weighted by molar-refractivity contribution is 0.178. The molecule has 40 heavy (non-hydrogen) atoms. The third kappa shape index (κ3) is 4.02. The first kappa shape index (κ1) is 26.5. The van der Waals surface area contributed by atoms with Crippen molar-refractivity contribution in [2.75, 3.05) is 30.8 Å². The van der Waals surface area contributed by atoms with E-state index in [4.69, 9.17) is 11.4 Å². The Bertz CT molecular complexity index is 1840. The molecule has 2 aromatic heterocycles. The summed E-state index contributed by atoms with van der Waals surface area (Å²) in [6.07, 6.45) is 7.83. The molecule has 0 unspecified atom stereocenters. The highest BCUT2D eigenvalue weighted by Crippen LogP contribution is 2.41. The van der Waals surface area contributed by atoms with Crippen molar-refractivity contribution in [2.24, 2.45) is 0 Å². The van der Waals surface area contributed by atoms with Gasteiger partial charge in [-0.3, -0.25) is 4.90 Å². The molecule has 1 saturated heterocycles. The van der Waals surface area contributed by atoms with Crippen LogP contribution >= 0.6 is 0 Å². The number of piperazine rings is 1. The van der Waals surface area contributed by atoms with Crippen LogP contribution in [0.1, 0.15) is 37.9 Å². The number of nitrogens with zero attached hydrogens (tertiary/aromatic N) is 5. The van der Waals surface area contributed by atoms with E-state index in [1.807, 2.05) is 0 Å². The van der Waals surface area contributed by atoms with Crippen molar-refractivity contribution < 1.29 is 17.2 Å². The predicted molar refractivity (Wildman–Crippen MR) is 152 cm³/mol. The van der Waals surface area contributed by atoms with E-state index in [2.05, 4.69) is 39.7 Å². The summed E-state index contributed by atoms with van der Waals surface area (Å²) in [5.41, 5.74) is 0.795. The molecule has 206 valence electrons. The van der Waals surface area contributed by atoms with Gasteiger partial charge in [0.15, 0.2) is 5.82 Å². The highest BCUT2D eigenvalue weighted by Gasteiger charge is 2.37. The second-order valence-electron chi connectivity index (χ2n) is 10.5. The van der Waals surface area contributed by atoms with Gasteiger partial charge in [0.1, 0.15) is 22.8 Å². The van der Waals surface area contributed by atoms with Crippen molar-refractivity contribution in [2.45, 2.75) is 50.4 Å². The number of likely N-dealkylation sites (N-methyl/N-ethyl adjacent to an activating group) is 1. The summed E-state index contributed by atoms with van der Waals surface area (Å²) in [5, 5.41) is 1.04. The first-order chi connectivity index (χ1) is 19.2. The van der Waals surface area contributed by atoms with E-state index < -0.39 is 26.6 Å². The maximum absolute atomic E-state index is 16.7. The van der Waals surface area contributed by atoms with Gasteiger partial charge in [-0.1, -0.05) is 44.0 Å². The molecule has 0 amide bonds. The fraction of sp³-hybridized carbons (Fsp3) is 0.367. The van der Waals surface area contributed by atoms with Crippen LogP contribution in [0.2, 0.25) is 0 Å². The second kappa shape index (κ2) is 9.75. The molecule has 10 heteroatoms.